The third-order valence-corrected chi connectivity index (χ3v) is 3.08. The summed E-state index contributed by atoms with van der Waals surface area (Å²) in [5, 5.41) is 10.9. The molecule has 1 aromatic heterocycles. The molecule has 2 rings (SSSR count). The first-order chi connectivity index (χ1) is 6.66. The van der Waals surface area contributed by atoms with Crippen LogP contribution in [-0.2, 0) is 13.7 Å². The van der Waals surface area contributed by atoms with Crippen molar-refractivity contribution < 1.29 is 5.11 Å². The van der Waals surface area contributed by atoms with E-state index in [4.69, 9.17) is 11.6 Å². The van der Waals surface area contributed by atoms with E-state index >= 15 is 0 Å². The van der Waals surface area contributed by atoms with Crippen LogP contribution >= 0.6 is 11.6 Å². The van der Waals surface area contributed by atoms with Gasteiger partial charge >= 0.3 is 0 Å². The van der Waals surface area contributed by atoms with E-state index in [0.29, 0.717) is 5.15 Å². The van der Waals surface area contributed by atoms with Crippen LogP contribution in [0.4, 0.5) is 0 Å². The number of hydrogen-bond acceptors (Lipinski definition) is 1. The fourth-order valence-electron chi connectivity index (χ4n) is 1.91. The van der Waals surface area contributed by atoms with Gasteiger partial charge in [-0.3, -0.25) is 0 Å². The molecule has 2 aromatic rings. The maximum absolute atomic E-state index is 9.22. The Morgan fingerprint density at radius 3 is 2.79 bits per heavy atom. The average Bonchev–Trinajstić information content (AvgIpc) is 2.41. The molecule has 0 atom stereocenters. The number of hydrogen-bond donors (Lipinski definition) is 1. The Kier molecular flexibility index (Phi) is 2.25. The molecule has 0 amide bonds. The lowest BCUT2D eigenvalue weighted by molar-refractivity contribution is 0.283. The highest BCUT2D eigenvalue weighted by atomic mass is 35.5. The number of halogens is 1. The lowest BCUT2D eigenvalue weighted by Gasteiger charge is -2.00. The highest BCUT2D eigenvalue weighted by molar-refractivity contribution is 6.32. The van der Waals surface area contributed by atoms with Crippen LogP contribution in [0, 0.1) is 6.92 Å². The molecule has 1 N–H and O–H groups in total. The van der Waals surface area contributed by atoms with Gasteiger partial charge in [-0.1, -0.05) is 29.8 Å². The largest absolute Gasteiger partial charge is 0.392 e. The van der Waals surface area contributed by atoms with E-state index in [0.717, 1.165) is 16.5 Å². The van der Waals surface area contributed by atoms with Crippen molar-refractivity contribution in [3.63, 3.8) is 0 Å². The molecule has 14 heavy (non-hydrogen) atoms. The molecule has 3 heteroatoms. The van der Waals surface area contributed by atoms with Gasteiger partial charge < -0.3 is 9.67 Å². The van der Waals surface area contributed by atoms with E-state index in [1.807, 2.05) is 36.7 Å². The zero-order valence-corrected chi connectivity index (χ0v) is 8.97. The van der Waals surface area contributed by atoms with Gasteiger partial charge in [-0.05, 0) is 12.5 Å². The van der Waals surface area contributed by atoms with E-state index in [1.54, 1.807) is 0 Å². The van der Waals surface area contributed by atoms with Gasteiger partial charge in [-0.25, -0.2) is 0 Å². The van der Waals surface area contributed by atoms with Gasteiger partial charge in [-0.15, -0.1) is 0 Å². The van der Waals surface area contributed by atoms with Gasteiger partial charge in [0.25, 0.3) is 0 Å². The summed E-state index contributed by atoms with van der Waals surface area (Å²) >= 11 is 6.11. The van der Waals surface area contributed by atoms with Crippen LogP contribution in [0.5, 0.6) is 0 Å². The molecule has 0 bridgehead atoms. The second kappa shape index (κ2) is 3.30. The Morgan fingerprint density at radius 2 is 2.14 bits per heavy atom. The molecule has 0 aliphatic rings. The topological polar surface area (TPSA) is 25.2 Å². The lowest BCUT2D eigenvalue weighted by Crippen LogP contribution is -1.89. The minimum atomic E-state index is -0.0143. The molecule has 0 saturated carbocycles. The van der Waals surface area contributed by atoms with Crippen LogP contribution in [-0.4, -0.2) is 9.67 Å². The molecule has 1 heterocycles. The van der Waals surface area contributed by atoms with Gasteiger partial charge in [0, 0.05) is 18.0 Å². The minimum absolute atomic E-state index is 0.0143. The molecule has 0 saturated heterocycles. The summed E-state index contributed by atoms with van der Waals surface area (Å²) in [6.07, 6.45) is 0. The average molecular weight is 210 g/mol. The maximum atomic E-state index is 9.22. The number of rotatable bonds is 1. The Hall–Kier alpha value is -0.990. The number of aliphatic hydroxyl groups is 1. The van der Waals surface area contributed by atoms with Crippen molar-refractivity contribution in [2.75, 3.05) is 0 Å². The maximum Gasteiger partial charge on any atom is 0.115 e. The molecule has 1 aromatic carbocycles. The Bertz CT molecular complexity index is 487. The number of fused-ring (bicyclic) bond motifs is 1. The van der Waals surface area contributed by atoms with Crippen molar-refractivity contribution in [2.45, 2.75) is 13.5 Å². The third kappa shape index (κ3) is 1.15. The van der Waals surface area contributed by atoms with Crippen LogP contribution in [0.2, 0.25) is 5.15 Å². The van der Waals surface area contributed by atoms with Gasteiger partial charge in [-0.2, -0.15) is 0 Å². The fourth-order valence-corrected chi connectivity index (χ4v) is 2.16. The molecule has 0 spiro atoms. The SMILES string of the molecule is Cc1cccc2c(CO)c(Cl)n(C)c12. The van der Waals surface area contributed by atoms with Gasteiger partial charge in [0.05, 0.1) is 12.1 Å². The number of benzene rings is 1. The van der Waals surface area contributed by atoms with Crippen LogP contribution < -0.4 is 0 Å². The smallest absolute Gasteiger partial charge is 0.115 e. The predicted molar refractivity (Wildman–Crippen MR) is 58.6 cm³/mol. The quantitative estimate of drug-likeness (QED) is 0.768. The summed E-state index contributed by atoms with van der Waals surface area (Å²) in [6, 6.07) is 6.01. The van der Waals surface area contributed by atoms with E-state index < -0.39 is 0 Å². The Balaban J connectivity index is 2.95. The third-order valence-electron chi connectivity index (χ3n) is 2.60. The summed E-state index contributed by atoms with van der Waals surface area (Å²) in [7, 11) is 1.91. The molecule has 0 radical (unpaired) electrons. The standard InChI is InChI=1S/C11H12ClNO/c1-7-4-3-5-8-9(6-14)11(12)13(2)10(7)8/h3-5,14H,6H2,1-2H3. The second-order valence-electron chi connectivity index (χ2n) is 3.46. The van der Waals surface area contributed by atoms with Gasteiger partial charge in [0.15, 0.2) is 0 Å². The van der Waals surface area contributed by atoms with Crippen molar-refractivity contribution in [3.8, 4) is 0 Å². The van der Waals surface area contributed by atoms with Gasteiger partial charge in [0.1, 0.15) is 5.15 Å². The van der Waals surface area contributed by atoms with Gasteiger partial charge in [0.2, 0.25) is 0 Å². The molecular formula is C11H12ClNO. The van der Waals surface area contributed by atoms with E-state index in [-0.39, 0.29) is 6.61 Å². The molecule has 0 aliphatic carbocycles. The zero-order chi connectivity index (χ0) is 10.3. The fraction of sp³-hybridized carbons (Fsp3) is 0.273. The normalized spacial score (nSPS) is 11.1. The molecule has 74 valence electrons. The van der Waals surface area contributed by atoms with E-state index in [2.05, 4.69) is 0 Å². The van der Waals surface area contributed by atoms with Crippen molar-refractivity contribution >= 4 is 22.5 Å². The number of aromatic nitrogens is 1. The Labute approximate surface area is 87.7 Å². The summed E-state index contributed by atoms with van der Waals surface area (Å²) < 4.78 is 1.91. The van der Waals surface area contributed by atoms with Crippen molar-refractivity contribution in [3.05, 3.63) is 34.5 Å². The van der Waals surface area contributed by atoms with Crippen LogP contribution in [0.25, 0.3) is 10.9 Å². The Morgan fingerprint density at radius 1 is 1.43 bits per heavy atom. The van der Waals surface area contributed by atoms with Crippen molar-refractivity contribution in [2.24, 2.45) is 7.05 Å². The van der Waals surface area contributed by atoms with E-state index in [1.165, 1.54) is 5.56 Å². The van der Waals surface area contributed by atoms with Crippen LogP contribution in [0.1, 0.15) is 11.1 Å². The second-order valence-corrected chi connectivity index (χ2v) is 3.82. The molecule has 0 aliphatic heterocycles. The van der Waals surface area contributed by atoms with Crippen LogP contribution in [0.15, 0.2) is 18.2 Å². The van der Waals surface area contributed by atoms with Crippen molar-refractivity contribution in [1.82, 2.24) is 4.57 Å². The van der Waals surface area contributed by atoms with Crippen LogP contribution in [0.3, 0.4) is 0 Å². The molecule has 0 fully saturated rings. The first kappa shape index (κ1) is 9.56. The summed E-state index contributed by atoms with van der Waals surface area (Å²) in [5.74, 6) is 0. The minimum Gasteiger partial charge on any atom is -0.392 e. The summed E-state index contributed by atoms with van der Waals surface area (Å²) in [4.78, 5) is 0. The van der Waals surface area contributed by atoms with E-state index in [9.17, 15) is 5.11 Å². The number of nitrogens with zero attached hydrogens (tertiary/aromatic N) is 1. The highest BCUT2D eigenvalue weighted by Gasteiger charge is 2.13. The number of para-hydroxylation sites is 1. The molecular weight excluding hydrogens is 198 g/mol. The lowest BCUT2D eigenvalue weighted by atomic mass is 10.1. The first-order valence-electron chi connectivity index (χ1n) is 4.50. The predicted octanol–water partition coefficient (Wildman–Crippen LogP) is 2.63. The zero-order valence-electron chi connectivity index (χ0n) is 8.21. The number of aliphatic hydroxyl groups excluding tert-OH is 1. The summed E-state index contributed by atoms with van der Waals surface area (Å²) in [5.41, 5.74) is 3.08. The number of aryl methyl sites for hydroxylation is 2. The van der Waals surface area contributed by atoms with Crippen molar-refractivity contribution in [1.29, 1.82) is 0 Å². The molecule has 2 nitrogen and oxygen atoms in total. The first-order valence-corrected chi connectivity index (χ1v) is 4.88. The monoisotopic (exact) mass is 209 g/mol. The molecule has 0 unspecified atom stereocenters. The highest BCUT2D eigenvalue weighted by Crippen LogP contribution is 2.30. The summed E-state index contributed by atoms with van der Waals surface area (Å²) in [6.45, 7) is 2.03.